The molecular weight excluding hydrogens is 309 g/mol. The summed E-state index contributed by atoms with van der Waals surface area (Å²) >= 11 is 17.9. The van der Waals surface area contributed by atoms with Crippen LogP contribution in [0.25, 0.3) is 0 Å². The minimum absolute atomic E-state index is 0.0425. The van der Waals surface area contributed by atoms with E-state index in [1.807, 2.05) is 4.90 Å². The molecule has 4 nitrogen and oxygen atoms in total. The van der Waals surface area contributed by atoms with Crippen LogP contribution in [0.3, 0.4) is 0 Å². The maximum Gasteiger partial charge on any atom is 0.224 e. The van der Waals surface area contributed by atoms with Gasteiger partial charge in [-0.25, -0.2) is 4.98 Å². The Balaban J connectivity index is 2.22. The van der Waals surface area contributed by atoms with Crippen LogP contribution in [-0.4, -0.2) is 31.0 Å². The number of piperidine rings is 1. The molecule has 2 heterocycles. The summed E-state index contributed by atoms with van der Waals surface area (Å²) in [5, 5.41) is 3.68. The van der Waals surface area contributed by atoms with Gasteiger partial charge in [0.2, 0.25) is 5.91 Å². The highest BCUT2D eigenvalue weighted by molar-refractivity contribution is 6.42. The number of nitrogens with one attached hydrogen (secondary N) is 1. The SMILES string of the molecule is CNC(=O)C1CCCN(c2nc(Cl)c(Cl)cc2Cl)C1. The molecule has 0 aliphatic carbocycles. The third-order valence-electron chi connectivity index (χ3n) is 3.21. The largest absolute Gasteiger partial charge is 0.359 e. The van der Waals surface area contributed by atoms with Crippen molar-refractivity contribution in [2.24, 2.45) is 5.92 Å². The highest BCUT2D eigenvalue weighted by atomic mass is 35.5. The first-order valence-electron chi connectivity index (χ1n) is 6.01. The Hall–Kier alpha value is -0.710. The van der Waals surface area contributed by atoms with Crippen molar-refractivity contribution in [3.05, 3.63) is 21.3 Å². The molecule has 1 aromatic rings. The zero-order valence-corrected chi connectivity index (χ0v) is 12.7. The second-order valence-electron chi connectivity index (χ2n) is 4.47. The first-order chi connectivity index (χ1) is 9.02. The first-order valence-corrected chi connectivity index (χ1v) is 7.14. The third kappa shape index (κ3) is 3.25. The topological polar surface area (TPSA) is 45.2 Å². The molecule has 7 heteroatoms. The molecule has 0 saturated carbocycles. The van der Waals surface area contributed by atoms with Crippen molar-refractivity contribution >= 4 is 46.5 Å². The van der Waals surface area contributed by atoms with Gasteiger partial charge in [-0.3, -0.25) is 4.79 Å². The molecule has 0 spiro atoms. The summed E-state index contributed by atoms with van der Waals surface area (Å²) in [6.07, 6.45) is 1.78. The van der Waals surface area contributed by atoms with Gasteiger partial charge >= 0.3 is 0 Å². The van der Waals surface area contributed by atoms with E-state index in [-0.39, 0.29) is 17.0 Å². The summed E-state index contributed by atoms with van der Waals surface area (Å²) in [6, 6.07) is 1.58. The lowest BCUT2D eigenvalue weighted by atomic mass is 9.97. The quantitative estimate of drug-likeness (QED) is 0.851. The van der Waals surface area contributed by atoms with E-state index in [0.717, 1.165) is 19.4 Å². The van der Waals surface area contributed by atoms with Crippen molar-refractivity contribution < 1.29 is 4.79 Å². The van der Waals surface area contributed by atoms with Crippen LogP contribution in [0.2, 0.25) is 15.2 Å². The monoisotopic (exact) mass is 321 g/mol. The summed E-state index contributed by atoms with van der Waals surface area (Å²) in [5.74, 6) is 0.580. The molecule has 1 saturated heterocycles. The van der Waals surface area contributed by atoms with Crippen LogP contribution in [0.5, 0.6) is 0 Å². The molecule has 0 aromatic carbocycles. The minimum atomic E-state index is -0.0499. The Kier molecular flexibility index (Phi) is 4.76. The molecule has 1 aromatic heterocycles. The highest BCUT2D eigenvalue weighted by Gasteiger charge is 2.27. The van der Waals surface area contributed by atoms with Crippen LogP contribution < -0.4 is 10.2 Å². The van der Waals surface area contributed by atoms with Crippen LogP contribution in [0.4, 0.5) is 5.82 Å². The van der Waals surface area contributed by atoms with Crippen LogP contribution in [0.15, 0.2) is 6.07 Å². The standard InChI is InChI=1S/C12H14Cl3N3O/c1-16-12(19)7-3-2-4-18(6-7)11-9(14)5-8(13)10(15)17-11/h5,7H,2-4,6H2,1H3,(H,16,19). The third-order valence-corrected chi connectivity index (χ3v) is 4.16. The zero-order valence-electron chi connectivity index (χ0n) is 10.4. The molecule has 1 aliphatic heterocycles. The smallest absolute Gasteiger partial charge is 0.224 e. The summed E-state index contributed by atoms with van der Waals surface area (Å²) in [7, 11) is 1.64. The Morgan fingerprint density at radius 1 is 1.42 bits per heavy atom. The van der Waals surface area contributed by atoms with E-state index >= 15 is 0 Å². The molecule has 1 amide bonds. The second-order valence-corrected chi connectivity index (χ2v) is 5.64. The van der Waals surface area contributed by atoms with Crippen molar-refractivity contribution in [3.63, 3.8) is 0 Å². The average molecular weight is 323 g/mol. The van der Waals surface area contributed by atoms with E-state index in [2.05, 4.69) is 10.3 Å². The van der Waals surface area contributed by atoms with Crippen LogP contribution in [-0.2, 0) is 4.79 Å². The van der Waals surface area contributed by atoms with Crippen molar-refractivity contribution in [3.8, 4) is 0 Å². The molecule has 1 aliphatic rings. The number of hydrogen-bond acceptors (Lipinski definition) is 3. The van der Waals surface area contributed by atoms with Gasteiger partial charge in [-0.1, -0.05) is 34.8 Å². The Morgan fingerprint density at radius 3 is 2.84 bits per heavy atom. The number of carbonyl (C=O) groups is 1. The number of hydrogen-bond donors (Lipinski definition) is 1. The van der Waals surface area contributed by atoms with Gasteiger partial charge in [0, 0.05) is 20.1 Å². The number of aromatic nitrogens is 1. The lowest BCUT2D eigenvalue weighted by Gasteiger charge is -2.33. The van der Waals surface area contributed by atoms with E-state index in [0.29, 0.717) is 22.4 Å². The number of pyridine rings is 1. The fraction of sp³-hybridized carbons (Fsp3) is 0.500. The summed E-state index contributed by atoms with van der Waals surface area (Å²) in [4.78, 5) is 17.9. The lowest BCUT2D eigenvalue weighted by Crippen LogP contribution is -2.42. The molecule has 0 bridgehead atoms. The van der Waals surface area contributed by atoms with Gasteiger partial charge in [0.1, 0.15) is 11.0 Å². The van der Waals surface area contributed by atoms with Crippen LogP contribution in [0, 0.1) is 5.92 Å². The molecule has 1 fully saturated rings. The number of carbonyl (C=O) groups excluding carboxylic acids is 1. The maximum absolute atomic E-state index is 11.7. The van der Waals surface area contributed by atoms with E-state index in [1.54, 1.807) is 13.1 Å². The molecule has 2 rings (SSSR count). The predicted octanol–water partition coefficient (Wildman–Crippen LogP) is 3.00. The van der Waals surface area contributed by atoms with E-state index < -0.39 is 0 Å². The Bertz CT molecular complexity index is 495. The molecule has 0 radical (unpaired) electrons. The normalized spacial score (nSPS) is 19.4. The maximum atomic E-state index is 11.7. The van der Waals surface area contributed by atoms with Crippen molar-refractivity contribution in [1.29, 1.82) is 0 Å². The number of halogens is 3. The van der Waals surface area contributed by atoms with E-state index in [1.165, 1.54) is 0 Å². The lowest BCUT2D eigenvalue weighted by molar-refractivity contribution is -0.124. The fourth-order valence-electron chi connectivity index (χ4n) is 2.24. The van der Waals surface area contributed by atoms with E-state index in [4.69, 9.17) is 34.8 Å². The first kappa shape index (κ1) is 14.7. The highest BCUT2D eigenvalue weighted by Crippen LogP contribution is 2.33. The molecule has 1 N–H and O–H groups in total. The fourth-order valence-corrected chi connectivity index (χ4v) is 2.86. The number of nitrogens with zero attached hydrogens (tertiary/aromatic N) is 2. The van der Waals surface area contributed by atoms with E-state index in [9.17, 15) is 4.79 Å². The second kappa shape index (κ2) is 6.16. The van der Waals surface area contributed by atoms with Gasteiger partial charge in [-0.2, -0.15) is 0 Å². The Labute approximate surface area is 127 Å². The molecule has 104 valence electrons. The van der Waals surface area contributed by atoms with Gasteiger partial charge in [0.25, 0.3) is 0 Å². The minimum Gasteiger partial charge on any atom is -0.359 e. The molecule has 1 unspecified atom stereocenters. The van der Waals surface area contributed by atoms with Gasteiger partial charge in [-0.05, 0) is 18.9 Å². The van der Waals surface area contributed by atoms with Gasteiger partial charge in [0.15, 0.2) is 0 Å². The molecule has 19 heavy (non-hydrogen) atoms. The van der Waals surface area contributed by atoms with Crippen molar-refractivity contribution in [2.45, 2.75) is 12.8 Å². The van der Waals surface area contributed by atoms with Crippen LogP contribution >= 0.6 is 34.8 Å². The summed E-state index contributed by atoms with van der Waals surface area (Å²) in [6.45, 7) is 1.39. The van der Waals surface area contributed by atoms with Gasteiger partial charge in [0.05, 0.1) is 16.0 Å². The average Bonchev–Trinajstić information content (AvgIpc) is 2.42. The van der Waals surface area contributed by atoms with Crippen molar-refractivity contribution in [2.75, 3.05) is 25.0 Å². The van der Waals surface area contributed by atoms with Gasteiger partial charge < -0.3 is 10.2 Å². The number of anilines is 1. The van der Waals surface area contributed by atoms with Crippen LogP contribution in [0.1, 0.15) is 12.8 Å². The summed E-state index contributed by atoms with van der Waals surface area (Å²) < 4.78 is 0. The number of amides is 1. The molecular formula is C12H14Cl3N3O. The number of rotatable bonds is 2. The predicted molar refractivity (Wildman–Crippen MR) is 78.3 cm³/mol. The Morgan fingerprint density at radius 2 is 2.16 bits per heavy atom. The van der Waals surface area contributed by atoms with Crippen molar-refractivity contribution in [1.82, 2.24) is 10.3 Å². The zero-order chi connectivity index (χ0) is 14.0. The molecule has 1 atom stereocenters. The van der Waals surface area contributed by atoms with Gasteiger partial charge in [-0.15, -0.1) is 0 Å². The summed E-state index contributed by atoms with van der Waals surface area (Å²) in [5.41, 5.74) is 0.